The van der Waals surface area contributed by atoms with Crippen molar-refractivity contribution in [1.29, 1.82) is 0 Å². The molecule has 2 fully saturated rings. The van der Waals surface area contributed by atoms with Crippen molar-refractivity contribution in [3.05, 3.63) is 35.9 Å². The zero-order valence-corrected chi connectivity index (χ0v) is 32.4. The molecule has 10 atom stereocenters. The van der Waals surface area contributed by atoms with Crippen LogP contribution in [-0.4, -0.2) is 137 Å². The van der Waals surface area contributed by atoms with E-state index in [4.69, 9.17) is 62.6 Å². The average Bonchev–Trinajstić information content (AvgIpc) is 3.13. The first-order valence-corrected chi connectivity index (χ1v) is 17.9. The molecule has 0 saturated carbocycles. The van der Waals surface area contributed by atoms with Gasteiger partial charge in [0, 0.05) is 47.1 Å². The molecule has 1 aromatic rings. The zero-order chi connectivity index (χ0) is 42.1. The minimum absolute atomic E-state index is 0.0469. The Kier molecular flexibility index (Phi) is 18.9. The van der Waals surface area contributed by atoms with Crippen molar-refractivity contribution in [2.45, 2.75) is 103 Å². The van der Waals surface area contributed by atoms with Crippen molar-refractivity contribution in [2.24, 2.45) is 11.7 Å². The Morgan fingerprint density at radius 3 is 1.81 bits per heavy atom. The van der Waals surface area contributed by atoms with Crippen LogP contribution in [0.5, 0.6) is 0 Å². The lowest BCUT2D eigenvalue weighted by Crippen LogP contribution is -2.66. The largest absolute Gasteiger partial charge is 0.463 e. The zero-order valence-electron chi connectivity index (χ0n) is 32.4. The summed E-state index contributed by atoms with van der Waals surface area (Å²) in [6.07, 6.45) is -15.1. The molecule has 3 N–H and O–H groups in total. The molecule has 3 rings (SSSR count). The fraction of sp³-hybridized carbons (Fsp3) is 0.639. The molecule has 2 aliphatic heterocycles. The first-order valence-electron chi connectivity index (χ1n) is 17.9. The van der Waals surface area contributed by atoms with Crippen LogP contribution >= 0.6 is 0 Å². The number of nitrogens with one attached hydrogen (secondary N) is 1. The van der Waals surface area contributed by atoms with Crippen LogP contribution in [0.4, 0.5) is 9.59 Å². The minimum atomic E-state index is -1.75. The lowest BCUT2D eigenvalue weighted by atomic mass is 9.90. The van der Waals surface area contributed by atoms with Crippen LogP contribution in [0.3, 0.4) is 0 Å². The highest BCUT2D eigenvalue weighted by atomic mass is 16.8. The number of nitrogens with two attached hydrogens (primary N) is 1. The van der Waals surface area contributed by atoms with Gasteiger partial charge in [-0.2, -0.15) is 0 Å². The Morgan fingerprint density at radius 2 is 1.21 bits per heavy atom. The Hall–Kier alpha value is -5.09. The van der Waals surface area contributed by atoms with E-state index in [1.807, 2.05) is 30.3 Å². The lowest BCUT2D eigenvalue weighted by molar-refractivity contribution is -0.363. The molecule has 318 valence electrons. The van der Waals surface area contributed by atoms with E-state index in [2.05, 4.69) is 5.32 Å². The number of amides is 2. The van der Waals surface area contributed by atoms with Crippen LogP contribution in [0.2, 0.25) is 0 Å². The van der Waals surface area contributed by atoms with Crippen molar-refractivity contribution < 1.29 is 90.4 Å². The third-order valence-corrected chi connectivity index (χ3v) is 8.19. The molecule has 0 aromatic heterocycles. The molecule has 21 heteroatoms. The van der Waals surface area contributed by atoms with Gasteiger partial charge in [-0.15, -0.1) is 0 Å². The van der Waals surface area contributed by atoms with Crippen molar-refractivity contribution in [3.8, 4) is 0 Å². The summed E-state index contributed by atoms with van der Waals surface area (Å²) in [6, 6.07) is 9.12. The molecular formula is C36H50N2O19. The molecule has 0 bridgehead atoms. The van der Waals surface area contributed by atoms with Gasteiger partial charge in [0.05, 0.1) is 19.8 Å². The highest BCUT2D eigenvalue weighted by Gasteiger charge is 2.56. The van der Waals surface area contributed by atoms with Gasteiger partial charge < -0.3 is 67.9 Å². The second kappa shape index (κ2) is 23.2. The van der Waals surface area contributed by atoms with Gasteiger partial charge in [-0.3, -0.25) is 24.0 Å². The Morgan fingerprint density at radius 1 is 0.632 bits per heavy atom. The predicted octanol–water partition coefficient (Wildman–Crippen LogP) is 0.802. The number of primary amides is 1. The summed E-state index contributed by atoms with van der Waals surface area (Å²) in [6.45, 7) is 6.35. The maximum atomic E-state index is 12.5. The summed E-state index contributed by atoms with van der Waals surface area (Å²) >= 11 is 0. The summed E-state index contributed by atoms with van der Waals surface area (Å²) in [5.41, 5.74) is 6.17. The Bertz CT molecular complexity index is 1510. The highest BCUT2D eigenvalue weighted by molar-refractivity contribution is 5.69. The molecule has 0 unspecified atom stereocenters. The maximum Gasteiger partial charge on any atom is 0.407 e. The highest BCUT2D eigenvalue weighted by Crippen LogP contribution is 2.36. The predicted molar refractivity (Wildman–Crippen MR) is 187 cm³/mol. The molecular weight excluding hydrogens is 764 g/mol. The normalized spacial score (nSPS) is 26.8. The van der Waals surface area contributed by atoms with Gasteiger partial charge in [0.1, 0.15) is 44.2 Å². The smallest absolute Gasteiger partial charge is 0.407 e. The number of hydrogen-bond acceptors (Lipinski definition) is 19. The van der Waals surface area contributed by atoms with E-state index in [1.54, 1.807) is 6.92 Å². The monoisotopic (exact) mass is 814 g/mol. The standard InChI is InChI=1S/C36H50N2O19/c1-19-26(17-48-20(2)39)54-33(47-15-14-46-13-12-38-36(45)50-16-25-10-8-7-9-11-25)31(28(19)51-22(4)41)56-34-32(53-24(6)43)30(57-35(37)44)29(52-23(5)42)27(55-34)18-49-21(3)40/h7-11,19,26-34H,12-18H2,1-6H3,(H2,37,44)(H,38,45)/t19-,26+,27-,28+,29-,30+,31+,32+,33+,34-/m1/s1. The molecule has 57 heavy (non-hydrogen) atoms. The number of hydrogen-bond donors (Lipinski definition) is 2. The second-order valence-electron chi connectivity index (χ2n) is 12.7. The molecule has 2 saturated heterocycles. The van der Waals surface area contributed by atoms with Crippen LogP contribution in [0.1, 0.15) is 47.1 Å². The third kappa shape index (κ3) is 15.8. The average molecular weight is 815 g/mol. The van der Waals surface area contributed by atoms with E-state index in [9.17, 15) is 33.6 Å². The summed E-state index contributed by atoms with van der Waals surface area (Å²) in [5.74, 6) is -4.63. The molecule has 1 aromatic carbocycles. The van der Waals surface area contributed by atoms with Crippen molar-refractivity contribution in [3.63, 3.8) is 0 Å². The minimum Gasteiger partial charge on any atom is -0.463 e. The number of alkyl carbamates (subject to hydrolysis) is 1. The SMILES string of the molecule is CC(=O)OC[C@@H]1O[C@H](OCCOCCNC(=O)OCc2ccccc2)[C@@H](O[C@H]2O[C@H](COC(C)=O)[C@@H](OC(C)=O)[C@H](OC(N)=O)[C@@H]2OC(C)=O)[C@@H](OC(C)=O)[C@@H]1C. The summed E-state index contributed by atoms with van der Waals surface area (Å²) in [7, 11) is 0. The molecule has 0 radical (unpaired) electrons. The fourth-order valence-corrected chi connectivity index (χ4v) is 5.79. The number of carbonyl (C=O) groups is 7. The van der Waals surface area contributed by atoms with Gasteiger partial charge in [0.2, 0.25) is 0 Å². The van der Waals surface area contributed by atoms with E-state index in [1.165, 1.54) is 6.92 Å². The maximum absolute atomic E-state index is 12.5. The van der Waals surface area contributed by atoms with Gasteiger partial charge in [0.15, 0.2) is 30.9 Å². The number of esters is 5. The van der Waals surface area contributed by atoms with Crippen LogP contribution in [-0.2, 0) is 87.4 Å². The summed E-state index contributed by atoms with van der Waals surface area (Å²) in [4.78, 5) is 84.7. The van der Waals surface area contributed by atoms with E-state index in [-0.39, 0.29) is 39.6 Å². The Balaban J connectivity index is 1.84. The van der Waals surface area contributed by atoms with Crippen molar-refractivity contribution >= 4 is 42.0 Å². The molecule has 2 amide bonds. The van der Waals surface area contributed by atoms with Crippen LogP contribution in [0.25, 0.3) is 0 Å². The van der Waals surface area contributed by atoms with Crippen molar-refractivity contribution in [2.75, 3.05) is 39.6 Å². The van der Waals surface area contributed by atoms with Crippen molar-refractivity contribution in [1.82, 2.24) is 5.32 Å². The quantitative estimate of drug-likeness (QED) is 0.111. The van der Waals surface area contributed by atoms with Crippen LogP contribution in [0.15, 0.2) is 30.3 Å². The number of carbonyl (C=O) groups excluding carboxylic acids is 7. The Labute approximate surface area is 328 Å². The van der Waals surface area contributed by atoms with E-state index < -0.39 is 110 Å². The van der Waals surface area contributed by atoms with Crippen LogP contribution in [0, 0.1) is 5.92 Å². The van der Waals surface area contributed by atoms with E-state index in [0.717, 1.165) is 33.3 Å². The molecule has 2 aliphatic rings. The fourth-order valence-electron chi connectivity index (χ4n) is 5.79. The molecule has 2 heterocycles. The summed E-state index contributed by atoms with van der Waals surface area (Å²) < 4.78 is 67.5. The first-order chi connectivity index (χ1) is 27.0. The number of ether oxygens (including phenoxy) is 12. The number of benzene rings is 1. The van der Waals surface area contributed by atoms with Gasteiger partial charge in [0.25, 0.3) is 0 Å². The molecule has 21 nitrogen and oxygen atoms in total. The number of rotatable bonds is 19. The van der Waals surface area contributed by atoms with Gasteiger partial charge in [-0.25, -0.2) is 9.59 Å². The topological polar surface area (TPSA) is 268 Å². The summed E-state index contributed by atoms with van der Waals surface area (Å²) in [5, 5.41) is 2.56. The molecule has 0 aliphatic carbocycles. The first kappa shape index (κ1) is 46.3. The lowest BCUT2D eigenvalue weighted by Gasteiger charge is -2.48. The van der Waals surface area contributed by atoms with Crippen LogP contribution < -0.4 is 11.1 Å². The van der Waals surface area contributed by atoms with E-state index >= 15 is 0 Å². The second-order valence-corrected chi connectivity index (χ2v) is 12.7. The molecule has 0 spiro atoms. The van der Waals surface area contributed by atoms with Gasteiger partial charge >= 0.3 is 42.0 Å². The van der Waals surface area contributed by atoms with Gasteiger partial charge in [-0.1, -0.05) is 37.3 Å². The van der Waals surface area contributed by atoms with Gasteiger partial charge in [-0.05, 0) is 5.56 Å². The third-order valence-electron chi connectivity index (χ3n) is 8.19. The van der Waals surface area contributed by atoms with E-state index in [0.29, 0.717) is 0 Å².